The molecule has 1 rings (SSSR count). The smallest absolute Gasteiger partial charge is 0.242 e. The van der Waals surface area contributed by atoms with Gasteiger partial charge in [0.1, 0.15) is 0 Å². The molecule has 0 aliphatic heterocycles. The fourth-order valence-corrected chi connectivity index (χ4v) is 1.16. The summed E-state index contributed by atoms with van der Waals surface area (Å²) < 4.78 is 4.82. The van der Waals surface area contributed by atoms with E-state index in [4.69, 9.17) is 4.74 Å². The number of methoxy groups -OCH3 is 1. The van der Waals surface area contributed by atoms with Crippen LogP contribution in [0.15, 0.2) is 0 Å². The van der Waals surface area contributed by atoms with Gasteiger partial charge in [0, 0.05) is 13.7 Å². The van der Waals surface area contributed by atoms with E-state index in [1.54, 1.807) is 7.11 Å². The Morgan fingerprint density at radius 2 is 2.06 bits per heavy atom. The zero-order valence-electron chi connectivity index (χ0n) is 9.90. The van der Waals surface area contributed by atoms with Gasteiger partial charge in [-0.25, -0.2) is 4.98 Å². The van der Waals surface area contributed by atoms with E-state index in [0.717, 1.165) is 11.4 Å². The second-order valence-electron chi connectivity index (χ2n) is 3.63. The summed E-state index contributed by atoms with van der Waals surface area (Å²) in [7, 11) is 1.56. The molecule has 0 aliphatic carbocycles. The van der Waals surface area contributed by atoms with E-state index in [-0.39, 0.29) is 0 Å². The fraction of sp³-hybridized carbons (Fsp3) is 0.700. The van der Waals surface area contributed by atoms with Crippen LogP contribution in [0.3, 0.4) is 0 Å². The molecule has 2 N–H and O–H groups in total. The van der Waals surface area contributed by atoms with Crippen LogP contribution in [-0.2, 0) is 4.74 Å². The minimum absolute atomic E-state index is 0.341. The molecule has 6 nitrogen and oxygen atoms in total. The third-order valence-corrected chi connectivity index (χ3v) is 2.21. The second-order valence-corrected chi connectivity index (χ2v) is 3.63. The minimum atomic E-state index is -0.461. The molecule has 6 heteroatoms. The quantitative estimate of drug-likeness (QED) is 0.726. The summed E-state index contributed by atoms with van der Waals surface area (Å²) in [5, 5.41) is 20.3. The van der Waals surface area contributed by atoms with Crippen LogP contribution >= 0.6 is 0 Å². The molecule has 1 aromatic rings. The minimum Gasteiger partial charge on any atom is -0.391 e. The number of aryl methyl sites for hydroxylation is 2. The molecule has 1 aromatic heterocycles. The normalized spacial score (nSPS) is 12.5. The number of rotatable bonds is 6. The van der Waals surface area contributed by atoms with E-state index in [9.17, 15) is 5.11 Å². The van der Waals surface area contributed by atoms with Gasteiger partial charge in [-0.3, -0.25) is 0 Å². The standard InChI is InChI=1S/C10H18N4O2/c1-7-8(2)13-14-10(12-7)11-5-4-9(15)6-16-3/h9,15H,4-6H2,1-3H3,(H,11,12,14). The van der Waals surface area contributed by atoms with Crippen LogP contribution in [0.5, 0.6) is 0 Å². The van der Waals surface area contributed by atoms with E-state index in [2.05, 4.69) is 20.5 Å². The highest BCUT2D eigenvalue weighted by atomic mass is 16.5. The Labute approximate surface area is 95.1 Å². The van der Waals surface area contributed by atoms with Gasteiger partial charge in [0.2, 0.25) is 5.95 Å². The molecule has 0 saturated heterocycles. The number of aromatic nitrogens is 3. The number of nitrogens with one attached hydrogen (secondary N) is 1. The monoisotopic (exact) mass is 226 g/mol. The van der Waals surface area contributed by atoms with Crippen LogP contribution in [0, 0.1) is 13.8 Å². The number of hydrogen-bond acceptors (Lipinski definition) is 6. The molecule has 0 aromatic carbocycles. The van der Waals surface area contributed by atoms with E-state index in [0.29, 0.717) is 25.5 Å². The average molecular weight is 226 g/mol. The summed E-state index contributed by atoms with van der Waals surface area (Å²) in [4.78, 5) is 4.22. The van der Waals surface area contributed by atoms with Gasteiger partial charge in [-0.2, -0.15) is 5.10 Å². The number of hydrogen-bond donors (Lipinski definition) is 2. The summed E-state index contributed by atoms with van der Waals surface area (Å²) in [5.41, 5.74) is 1.68. The van der Waals surface area contributed by atoms with Gasteiger partial charge in [0.15, 0.2) is 0 Å². The highest BCUT2D eigenvalue weighted by Crippen LogP contribution is 2.02. The number of anilines is 1. The van der Waals surface area contributed by atoms with Crippen LogP contribution < -0.4 is 5.32 Å². The third-order valence-electron chi connectivity index (χ3n) is 2.21. The Kier molecular flexibility index (Phi) is 5.07. The lowest BCUT2D eigenvalue weighted by Gasteiger charge is -2.10. The van der Waals surface area contributed by atoms with E-state index in [1.165, 1.54) is 0 Å². The molecule has 16 heavy (non-hydrogen) atoms. The highest BCUT2D eigenvalue weighted by molar-refractivity contribution is 5.24. The molecule has 1 heterocycles. The molecular formula is C10H18N4O2. The van der Waals surface area contributed by atoms with Crippen LogP contribution in [0.2, 0.25) is 0 Å². The number of nitrogens with zero attached hydrogens (tertiary/aromatic N) is 3. The van der Waals surface area contributed by atoms with Crippen molar-refractivity contribution in [3.8, 4) is 0 Å². The maximum atomic E-state index is 9.40. The molecule has 0 spiro atoms. The molecule has 0 amide bonds. The van der Waals surface area contributed by atoms with Gasteiger partial charge in [-0.15, -0.1) is 5.10 Å². The SMILES string of the molecule is COCC(O)CCNc1nnc(C)c(C)n1. The first-order valence-electron chi connectivity index (χ1n) is 5.22. The summed E-state index contributed by atoms with van der Waals surface area (Å²) in [6.07, 6.45) is 0.126. The summed E-state index contributed by atoms with van der Waals surface area (Å²) >= 11 is 0. The zero-order valence-corrected chi connectivity index (χ0v) is 9.90. The third kappa shape index (κ3) is 4.08. The van der Waals surface area contributed by atoms with Crippen LogP contribution in [0.25, 0.3) is 0 Å². The van der Waals surface area contributed by atoms with Crippen molar-refractivity contribution in [1.82, 2.24) is 15.2 Å². The predicted molar refractivity (Wildman–Crippen MR) is 60.3 cm³/mol. The van der Waals surface area contributed by atoms with Crippen molar-refractivity contribution in [2.45, 2.75) is 26.4 Å². The van der Waals surface area contributed by atoms with Crippen molar-refractivity contribution in [3.05, 3.63) is 11.4 Å². The van der Waals surface area contributed by atoms with Crippen molar-refractivity contribution in [1.29, 1.82) is 0 Å². The Bertz CT molecular complexity index is 333. The van der Waals surface area contributed by atoms with Crippen molar-refractivity contribution in [2.24, 2.45) is 0 Å². The van der Waals surface area contributed by atoms with Crippen molar-refractivity contribution in [3.63, 3.8) is 0 Å². The van der Waals surface area contributed by atoms with Gasteiger partial charge in [0.05, 0.1) is 24.1 Å². The van der Waals surface area contributed by atoms with Gasteiger partial charge >= 0.3 is 0 Å². The summed E-state index contributed by atoms with van der Waals surface area (Å²) in [6.45, 7) is 4.68. The van der Waals surface area contributed by atoms with Gasteiger partial charge < -0.3 is 15.2 Å². The van der Waals surface area contributed by atoms with E-state index in [1.807, 2.05) is 13.8 Å². The van der Waals surface area contributed by atoms with Crippen molar-refractivity contribution < 1.29 is 9.84 Å². The fourth-order valence-electron chi connectivity index (χ4n) is 1.16. The first-order valence-corrected chi connectivity index (χ1v) is 5.22. The highest BCUT2D eigenvalue weighted by Gasteiger charge is 2.04. The lowest BCUT2D eigenvalue weighted by Crippen LogP contribution is -2.19. The maximum Gasteiger partial charge on any atom is 0.242 e. The topological polar surface area (TPSA) is 80.2 Å². The average Bonchev–Trinajstić information content (AvgIpc) is 2.24. The van der Waals surface area contributed by atoms with Gasteiger partial charge in [-0.1, -0.05) is 0 Å². The Hall–Kier alpha value is -1.27. The van der Waals surface area contributed by atoms with E-state index < -0.39 is 6.10 Å². The second kappa shape index (κ2) is 6.34. The Morgan fingerprint density at radius 1 is 1.31 bits per heavy atom. The first-order chi connectivity index (χ1) is 7.63. The summed E-state index contributed by atoms with van der Waals surface area (Å²) in [6, 6.07) is 0. The molecular weight excluding hydrogens is 208 g/mol. The number of aliphatic hydroxyl groups excluding tert-OH is 1. The van der Waals surface area contributed by atoms with Gasteiger partial charge in [-0.05, 0) is 20.3 Å². The largest absolute Gasteiger partial charge is 0.391 e. The molecule has 0 radical (unpaired) electrons. The first kappa shape index (κ1) is 12.8. The Morgan fingerprint density at radius 3 is 2.69 bits per heavy atom. The molecule has 0 bridgehead atoms. The van der Waals surface area contributed by atoms with Crippen LogP contribution in [0.4, 0.5) is 5.95 Å². The zero-order chi connectivity index (χ0) is 12.0. The molecule has 0 aliphatic rings. The van der Waals surface area contributed by atoms with Gasteiger partial charge in [0.25, 0.3) is 0 Å². The van der Waals surface area contributed by atoms with Crippen molar-refractivity contribution in [2.75, 3.05) is 25.6 Å². The lowest BCUT2D eigenvalue weighted by atomic mass is 10.3. The molecule has 90 valence electrons. The molecule has 0 fully saturated rings. The van der Waals surface area contributed by atoms with Crippen LogP contribution in [-0.4, -0.2) is 46.7 Å². The molecule has 1 unspecified atom stereocenters. The molecule has 0 saturated carbocycles. The predicted octanol–water partition coefficient (Wildman–Crippen LogP) is 0.298. The van der Waals surface area contributed by atoms with Crippen LogP contribution in [0.1, 0.15) is 17.8 Å². The van der Waals surface area contributed by atoms with E-state index >= 15 is 0 Å². The molecule has 1 atom stereocenters. The Balaban J connectivity index is 2.34. The maximum absolute atomic E-state index is 9.40. The number of aliphatic hydroxyl groups is 1. The number of ether oxygens (including phenoxy) is 1. The summed E-state index contributed by atoms with van der Waals surface area (Å²) in [5.74, 6) is 0.493. The lowest BCUT2D eigenvalue weighted by molar-refractivity contribution is 0.0615. The van der Waals surface area contributed by atoms with Crippen molar-refractivity contribution >= 4 is 5.95 Å².